The molecule has 0 unspecified atom stereocenters. The second-order valence-electron chi connectivity index (χ2n) is 3.21. The summed E-state index contributed by atoms with van der Waals surface area (Å²) in [5.41, 5.74) is 8.07. The van der Waals surface area contributed by atoms with Gasteiger partial charge in [0.15, 0.2) is 0 Å². The maximum absolute atomic E-state index is 11.0. The van der Waals surface area contributed by atoms with E-state index >= 15 is 0 Å². The number of hydrogen-bond acceptors (Lipinski definition) is 2. The highest BCUT2D eigenvalue weighted by atomic mass is 16.1. The highest BCUT2D eigenvalue weighted by Crippen LogP contribution is 2.15. The van der Waals surface area contributed by atoms with Gasteiger partial charge in [-0.3, -0.25) is 5.41 Å². The summed E-state index contributed by atoms with van der Waals surface area (Å²) in [4.78, 5) is 16.3. The Labute approximate surface area is 79.5 Å². The van der Waals surface area contributed by atoms with Crippen molar-refractivity contribution in [1.29, 1.82) is 5.41 Å². The molecule has 5 heteroatoms. The maximum Gasteiger partial charge on any atom is 0.323 e. The van der Waals surface area contributed by atoms with Gasteiger partial charge in [0.1, 0.15) is 5.84 Å². The lowest BCUT2D eigenvalue weighted by atomic mass is 10.1. The van der Waals surface area contributed by atoms with Crippen molar-refractivity contribution in [3.8, 4) is 0 Å². The molecule has 0 atom stereocenters. The van der Waals surface area contributed by atoms with Gasteiger partial charge in [0.05, 0.1) is 11.0 Å². The second kappa shape index (κ2) is 2.73. The van der Waals surface area contributed by atoms with Gasteiger partial charge in [-0.2, -0.15) is 0 Å². The third kappa shape index (κ3) is 1.19. The molecular formula is C9H10N4O. The van der Waals surface area contributed by atoms with Gasteiger partial charge < -0.3 is 15.7 Å². The van der Waals surface area contributed by atoms with Crippen LogP contribution in [0.3, 0.4) is 0 Å². The fourth-order valence-electron chi connectivity index (χ4n) is 1.47. The van der Waals surface area contributed by atoms with Crippen LogP contribution in [-0.2, 0) is 0 Å². The van der Waals surface area contributed by atoms with Crippen LogP contribution in [0.15, 0.2) is 16.9 Å². The van der Waals surface area contributed by atoms with Crippen LogP contribution in [0.4, 0.5) is 0 Å². The molecule has 0 aliphatic carbocycles. The monoisotopic (exact) mass is 190 g/mol. The molecule has 1 heterocycles. The number of benzene rings is 1. The van der Waals surface area contributed by atoms with E-state index in [-0.39, 0.29) is 11.5 Å². The fourth-order valence-corrected chi connectivity index (χ4v) is 1.47. The van der Waals surface area contributed by atoms with Crippen LogP contribution in [-0.4, -0.2) is 15.8 Å². The number of imidazole rings is 1. The number of amidine groups is 1. The summed E-state index contributed by atoms with van der Waals surface area (Å²) in [7, 11) is 0. The zero-order chi connectivity index (χ0) is 10.3. The minimum absolute atomic E-state index is 0.00273. The Kier molecular flexibility index (Phi) is 1.67. The van der Waals surface area contributed by atoms with Crippen LogP contribution in [0, 0.1) is 12.3 Å². The fraction of sp³-hybridized carbons (Fsp3) is 0.111. The molecule has 0 saturated heterocycles. The van der Waals surface area contributed by atoms with Crippen molar-refractivity contribution in [3.63, 3.8) is 0 Å². The van der Waals surface area contributed by atoms with Crippen LogP contribution in [0.5, 0.6) is 0 Å². The van der Waals surface area contributed by atoms with Crippen molar-refractivity contribution >= 4 is 16.9 Å². The summed E-state index contributed by atoms with van der Waals surface area (Å²) < 4.78 is 0. The number of hydrogen-bond donors (Lipinski definition) is 4. The molecule has 0 bridgehead atoms. The molecule has 0 saturated carbocycles. The second-order valence-corrected chi connectivity index (χ2v) is 3.21. The maximum atomic E-state index is 11.0. The lowest BCUT2D eigenvalue weighted by Crippen LogP contribution is -2.11. The standard InChI is InChI=1S/C9H10N4O/c1-4-2-5(8(10)11)3-6-7(4)13-9(14)12-6/h2-3H,1H3,(H3,10,11)(H2,12,13,14). The lowest BCUT2D eigenvalue weighted by Gasteiger charge is -2.00. The first-order valence-electron chi connectivity index (χ1n) is 4.15. The molecule has 0 aliphatic heterocycles. The predicted octanol–water partition coefficient (Wildman–Crippen LogP) is 0.449. The summed E-state index contributed by atoms with van der Waals surface area (Å²) in [5.74, 6) is -0.00273. The highest BCUT2D eigenvalue weighted by molar-refractivity contribution is 5.98. The zero-order valence-corrected chi connectivity index (χ0v) is 7.64. The molecule has 0 radical (unpaired) electrons. The number of nitrogens with two attached hydrogens (primary N) is 1. The number of rotatable bonds is 1. The van der Waals surface area contributed by atoms with Gasteiger partial charge in [-0.25, -0.2) is 4.79 Å². The smallest absolute Gasteiger partial charge is 0.323 e. The van der Waals surface area contributed by atoms with E-state index in [4.69, 9.17) is 11.1 Å². The van der Waals surface area contributed by atoms with Gasteiger partial charge in [0, 0.05) is 5.56 Å². The number of nitrogen functional groups attached to an aromatic ring is 1. The average molecular weight is 190 g/mol. The molecule has 14 heavy (non-hydrogen) atoms. The molecule has 1 aromatic heterocycles. The number of fused-ring (bicyclic) bond motifs is 1. The molecule has 0 fully saturated rings. The molecule has 72 valence electrons. The zero-order valence-electron chi connectivity index (χ0n) is 7.64. The molecule has 0 aliphatic rings. The van der Waals surface area contributed by atoms with Gasteiger partial charge in [0.2, 0.25) is 0 Å². The van der Waals surface area contributed by atoms with E-state index in [0.29, 0.717) is 11.1 Å². The summed E-state index contributed by atoms with van der Waals surface area (Å²) in [6.45, 7) is 1.86. The van der Waals surface area contributed by atoms with Gasteiger partial charge in [-0.05, 0) is 24.6 Å². The van der Waals surface area contributed by atoms with E-state index in [1.54, 1.807) is 12.1 Å². The van der Waals surface area contributed by atoms with Gasteiger partial charge in [0.25, 0.3) is 0 Å². The van der Waals surface area contributed by atoms with Gasteiger partial charge in [-0.15, -0.1) is 0 Å². The summed E-state index contributed by atoms with van der Waals surface area (Å²) in [5, 5.41) is 7.29. The highest BCUT2D eigenvalue weighted by Gasteiger charge is 2.05. The van der Waals surface area contributed by atoms with Gasteiger partial charge >= 0.3 is 5.69 Å². The number of aromatic amines is 2. The van der Waals surface area contributed by atoms with Crippen LogP contribution < -0.4 is 11.4 Å². The lowest BCUT2D eigenvalue weighted by molar-refractivity contribution is 1.21. The first-order chi connectivity index (χ1) is 6.58. The van der Waals surface area contributed by atoms with E-state index in [0.717, 1.165) is 11.1 Å². The number of H-pyrrole nitrogens is 2. The Balaban J connectivity index is 2.84. The van der Waals surface area contributed by atoms with Crippen molar-refractivity contribution < 1.29 is 0 Å². The topological polar surface area (TPSA) is 98.5 Å². The number of aryl methyl sites for hydroxylation is 1. The molecule has 1 aromatic carbocycles. The van der Waals surface area contributed by atoms with E-state index in [9.17, 15) is 4.79 Å². The Morgan fingerprint density at radius 2 is 2.14 bits per heavy atom. The van der Waals surface area contributed by atoms with Crippen LogP contribution in [0.2, 0.25) is 0 Å². The summed E-state index contributed by atoms with van der Waals surface area (Å²) >= 11 is 0. The van der Waals surface area contributed by atoms with E-state index in [1.807, 2.05) is 6.92 Å². The van der Waals surface area contributed by atoms with Crippen molar-refractivity contribution in [1.82, 2.24) is 9.97 Å². The molecule has 2 aromatic rings. The van der Waals surface area contributed by atoms with Crippen LogP contribution in [0.1, 0.15) is 11.1 Å². The minimum atomic E-state index is -0.246. The van der Waals surface area contributed by atoms with Crippen molar-refractivity contribution in [2.24, 2.45) is 5.73 Å². The predicted molar refractivity (Wildman–Crippen MR) is 54.7 cm³/mol. The molecule has 5 nitrogen and oxygen atoms in total. The van der Waals surface area contributed by atoms with Crippen LogP contribution in [0.25, 0.3) is 11.0 Å². The van der Waals surface area contributed by atoms with Crippen molar-refractivity contribution in [3.05, 3.63) is 33.7 Å². The first kappa shape index (κ1) is 8.55. The van der Waals surface area contributed by atoms with Crippen molar-refractivity contribution in [2.45, 2.75) is 6.92 Å². The first-order valence-corrected chi connectivity index (χ1v) is 4.15. The molecule has 0 spiro atoms. The Bertz CT molecular complexity index is 564. The summed E-state index contributed by atoms with van der Waals surface area (Å²) in [6, 6.07) is 3.46. The van der Waals surface area contributed by atoms with Crippen molar-refractivity contribution in [2.75, 3.05) is 0 Å². The molecule has 0 amide bonds. The number of aromatic nitrogens is 2. The average Bonchev–Trinajstić information content (AvgIpc) is 2.45. The third-order valence-corrected chi connectivity index (χ3v) is 2.13. The van der Waals surface area contributed by atoms with Crippen LogP contribution >= 0.6 is 0 Å². The minimum Gasteiger partial charge on any atom is -0.384 e. The van der Waals surface area contributed by atoms with E-state index in [1.165, 1.54) is 0 Å². The molecular weight excluding hydrogens is 180 g/mol. The van der Waals surface area contributed by atoms with E-state index < -0.39 is 0 Å². The largest absolute Gasteiger partial charge is 0.384 e. The number of nitrogens with one attached hydrogen (secondary N) is 3. The quantitative estimate of drug-likeness (QED) is 0.388. The Morgan fingerprint density at radius 1 is 1.43 bits per heavy atom. The third-order valence-electron chi connectivity index (χ3n) is 2.13. The summed E-state index contributed by atoms with van der Waals surface area (Å²) in [6.07, 6.45) is 0. The van der Waals surface area contributed by atoms with E-state index in [2.05, 4.69) is 9.97 Å². The Hall–Kier alpha value is -2.04. The molecule has 2 rings (SSSR count). The normalized spacial score (nSPS) is 10.6. The molecule has 5 N–H and O–H groups in total. The van der Waals surface area contributed by atoms with Gasteiger partial charge in [-0.1, -0.05) is 0 Å². The SMILES string of the molecule is Cc1cc(C(=N)N)cc2[nH]c(=O)[nH]c12. The Morgan fingerprint density at radius 3 is 2.79 bits per heavy atom.